The summed E-state index contributed by atoms with van der Waals surface area (Å²) >= 11 is 1.49. The van der Waals surface area contributed by atoms with Gasteiger partial charge in [0.2, 0.25) is 5.91 Å². The van der Waals surface area contributed by atoms with Crippen molar-refractivity contribution in [3.63, 3.8) is 0 Å². The number of carbonyl (C=O) groups excluding carboxylic acids is 2. The van der Waals surface area contributed by atoms with Gasteiger partial charge in [-0.1, -0.05) is 29.5 Å². The summed E-state index contributed by atoms with van der Waals surface area (Å²) in [7, 11) is 0. The standard InChI is InChI=1S/C18H16N4O3S/c1-9-2-4-10(5-3-9)26-14-7-6-12(25-14)11-8-13(23)20-18-15(11)16(17(19)24)21-22-18/h2-7,11H,8H2,1H3,(H2,19,24)(H2,20,21,22,23)/t11-/m1/s1. The average molecular weight is 368 g/mol. The molecule has 132 valence electrons. The largest absolute Gasteiger partial charge is 0.454 e. The second-order valence-electron chi connectivity index (χ2n) is 6.10. The molecule has 8 heteroatoms. The molecule has 0 saturated carbocycles. The molecule has 26 heavy (non-hydrogen) atoms. The van der Waals surface area contributed by atoms with Gasteiger partial charge in [0, 0.05) is 16.9 Å². The van der Waals surface area contributed by atoms with Crippen molar-refractivity contribution in [1.82, 2.24) is 10.2 Å². The molecule has 4 N–H and O–H groups in total. The Hall–Kier alpha value is -3.00. The number of H-pyrrole nitrogens is 1. The number of primary amides is 1. The molecule has 1 aliphatic heterocycles. The fourth-order valence-electron chi connectivity index (χ4n) is 2.99. The fraction of sp³-hybridized carbons (Fsp3) is 0.167. The number of nitrogens with one attached hydrogen (secondary N) is 2. The second kappa shape index (κ2) is 6.38. The Kier molecular flexibility index (Phi) is 4.04. The highest BCUT2D eigenvalue weighted by Crippen LogP contribution is 2.40. The van der Waals surface area contributed by atoms with Gasteiger partial charge in [0.05, 0.1) is 5.92 Å². The van der Waals surface area contributed by atoms with Crippen molar-refractivity contribution < 1.29 is 14.0 Å². The Labute approximate surface area is 153 Å². The molecular weight excluding hydrogens is 352 g/mol. The third kappa shape index (κ3) is 2.99. The topological polar surface area (TPSA) is 114 Å². The van der Waals surface area contributed by atoms with Crippen LogP contribution in [0.15, 0.2) is 50.8 Å². The molecule has 0 fully saturated rings. The van der Waals surface area contributed by atoms with Crippen LogP contribution in [0.1, 0.15) is 39.7 Å². The van der Waals surface area contributed by atoms with Gasteiger partial charge in [0.1, 0.15) is 11.5 Å². The van der Waals surface area contributed by atoms with Gasteiger partial charge in [-0.15, -0.1) is 0 Å². The minimum absolute atomic E-state index is 0.162. The lowest BCUT2D eigenvalue weighted by atomic mass is 9.89. The molecule has 0 saturated heterocycles. The van der Waals surface area contributed by atoms with Crippen LogP contribution >= 0.6 is 11.8 Å². The molecule has 0 bridgehead atoms. The third-order valence-corrected chi connectivity index (χ3v) is 5.16. The summed E-state index contributed by atoms with van der Waals surface area (Å²) in [5.41, 5.74) is 7.37. The van der Waals surface area contributed by atoms with Gasteiger partial charge in [-0.2, -0.15) is 5.10 Å². The molecule has 4 rings (SSSR count). The number of rotatable bonds is 4. The molecule has 2 amide bonds. The quantitative estimate of drug-likeness (QED) is 0.655. The van der Waals surface area contributed by atoms with E-state index in [9.17, 15) is 9.59 Å². The summed E-state index contributed by atoms with van der Waals surface area (Å²) in [5, 5.41) is 9.94. The van der Waals surface area contributed by atoms with Crippen LogP contribution in [0.4, 0.5) is 5.82 Å². The predicted molar refractivity (Wildman–Crippen MR) is 96.2 cm³/mol. The number of nitrogens with zero attached hydrogens (tertiary/aromatic N) is 1. The zero-order chi connectivity index (χ0) is 18.3. The number of carbonyl (C=O) groups is 2. The first kappa shape index (κ1) is 16.5. The molecule has 3 aromatic rings. The van der Waals surface area contributed by atoms with E-state index in [1.165, 1.54) is 17.3 Å². The van der Waals surface area contributed by atoms with E-state index < -0.39 is 11.8 Å². The number of aromatic amines is 1. The maximum atomic E-state index is 12.0. The molecule has 1 aliphatic rings. The van der Waals surface area contributed by atoms with E-state index in [2.05, 4.69) is 15.5 Å². The highest BCUT2D eigenvalue weighted by atomic mass is 32.2. The molecule has 3 heterocycles. The van der Waals surface area contributed by atoms with Crippen molar-refractivity contribution >= 4 is 29.4 Å². The van der Waals surface area contributed by atoms with Crippen molar-refractivity contribution in [3.05, 3.63) is 59.0 Å². The van der Waals surface area contributed by atoms with Gasteiger partial charge in [-0.05, 0) is 31.2 Å². The Morgan fingerprint density at radius 3 is 2.77 bits per heavy atom. The average Bonchev–Trinajstić information content (AvgIpc) is 3.23. The van der Waals surface area contributed by atoms with Crippen molar-refractivity contribution in [2.45, 2.75) is 29.3 Å². The number of amides is 2. The Morgan fingerprint density at radius 1 is 1.27 bits per heavy atom. The van der Waals surface area contributed by atoms with E-state index in [1.807, 2.05) is 43.3 Å². The van der Waals surface area contributed by atoms with Crippen LogP contribution in [0, 0.1) is 6.92 Å². The number of nitrogens with two attached hydrogens (primary N) is 1. The first-order valence-electron chi connectivity index (χ1n) is 8.03. The van der Waals surface area contributed by atoms with Gasteiger partial charge in [-0.25, -0.2) is 0 Å². The normalized spacial score (nSPS) is 16.2. The maximum absolute atomic E-state index is 12.0. The van der Waals surface area contributed by atoms with Crippen LogP contribution in [0.25, 0.3) is 0 Å². The second-order valence-corrected chi connectivity index (χ2v) is 7.18. The lowest BCUT2D eigenvalue weighted by molar-refractivity contribution is -0.116. The molecule has 1 atom stereocenters. The van der Waals surface area contributed by atoms with Crippen molar-refractivity contribution in [2.75, 3.05) is 5.32 Å². The van der Waals surface area contributed by atoms with E-state index in [0.717, 1.165) is 4.90 Å². The summed E-state index contributed by atoms with van der Waals surface area (Å²) in [6, 6.07) is 11.8. The summed E-state index contributed by atoms with van der Waals surface area (Å²) in [5.74, 6) is -0.300. The van der Waals surface area contributed by atoms with Crippen LogP contribution in [-0.4, -0.2) is 22.0 Å². The SMILES string of the molecule is Cc1ccc(Sc2ccc([C@H]3CC(=O)Nc4n[nH]c(C(N)=O)c43)o2)cc1. The maximum Gasteiger partial charge on any atom is 0.267 e. The number of fused-ring (bicyclic) bond motifs is 1. The first-order chi connectivity index (χ1) is 12.5. The van der Waals surface area contributed by atoms with Gasteiger partial charge < -0.3 is 15.5 Å². The lowest BCUT2D eigenvalue weighted by Crippen LogP contribution is -2.25. The van der Waals surface area contributed by atoms with Gasteiger partial charge >= 0.3 is 0 Å². The summed E-state index contributed by atoms with van der Waals surface area (Å²) < 4.78 is 5.96. The van der Waals surface area contributed by atoms with E-state index in [0.29, 0.717) is 22.2 Å². The summed E-state index contributed by atoms with van der Waals surface area (Å²) in [6.07, 6.45) is 0.162. The molecule has 0 unspecified atom stereocenters. The monoisotopic (exact) mass is 368 g/mol. The van der Waals surface area contributed by atoms with E-state index in [1.54, 1.807) is 0 Å². The number of furan rings is 1. The van der Waals surface area contributed by atoms with Gasteiger partial charge in [0.25, 0.3) is 5.91 Å². The lowest BCUT2D eigenvalue weighted by Gasteiger charge is -2.20. The summed E-state index contributed by atoms with van der Waals surface area (Å²) in [4.78, 5) is 24.7. The molecule has 1 aromatic carbocycles. The molecular formula is C18H16N4O3S. The van der Waals surface area contributed by atoms with E-state index in [-0.39, 0.29) is 18.0 Å². The minimum atomic E-state index is -0.624. The van der Waals surface area contributed by atoms with Crippen molar-refractivity contribution in [1.29, 1.82) is 0 Å². The highest BCUT2D eigenvalue weighted by molar-refractivity contribution is 7.99. The smallest absolute Gasteiger partial charge is 0.267 e. The first-order valence-corrected chi connectivity index (χ1v) is 8.85. The number of hydrogen-bond donors (Lipinski definition) is 3. The van der Waals surface area contributed by atoms with E-state index in [4.69, 9.17) is 10.2 Å². The molecule has 0 aliphatic carbocycles. The minimum Gasteiger partial charge on any atom is -0.454 e. The third-order valence-electron chi connectivity index (χ3n) is 4.23. The molecule has 0 radical (unpaired) electrons. The zero-order valence-electron chi connectivity index (χ0n) is 13.9. The molecule has 7 nitrogen and oxygen atoms in total. The van der Waals surface area contributed by atoms with Crippen LogP contribution in [0.3, 0.4) is 0 Å². The molecule has 2 aromatic heterocycles. The number of anilines is 1. The van der Waals surface area contributed by atoms with Crippen LogP contribution in [0.5, 0.6) is 0 Å². The Balaban J connectivity index is 1.65. The number of benzene rings is 1. The van der Waals surface area contributed by atoms with Crippen molar-refractivity contribution in [3.8, 4) is 0 Å². The number of aromatic nitrogens is 2. The zero-order valence-corrected chi connectivity index (χ0v) is 14.7. The van der Waals surface area contributed by atoms with Crippen molar-refractivity contribution in [2.24, 2.45) is 5.73 Å². The Bertz CT molecular complexity index is 990. The van der Waals surface area contributed by atoms with Crippen LogP contribution in [-0.2, 0) is 4.79 Å². The van der Waals surface area contributed by atoms with Gasteiger partial charge in [0.15, 0.2) is 10.9 Å². The highest BCUT2D eigenvalue weighted by Gasteiger charge is 2.35. The predicted octanol–water partition coefficient (Wildman–Crippen LogP) is 3.04. The van der Waals surface area contributed by atoms with Crippen LogP contribution < -0.4 is 11.1 Å². The Morgan fingerprint density at radius 2 is 2.04 bits per heavy atom. The van der Waals surface area contributed by atoms with E-state index >= 15 is 0 Å². The number of aryl methyl sites for hydroxylation is 1. The number of hydrogen-bond acceptors (Lipinski definition) is 5. The van der Waals surface area contributed by atoms with Gasteiger partial charge in [-0.3, -0.25) is 14.7 Å². The summed E-state index contributed by atoms with van der Waals surface area (Å²) in [6.45, 7) is 2.03. The fourth-order valence-corrected chi connectivity index (χ4v) is 3.76. The van der Waals surface area contributed by atoms with Crippen LogP contribution in [0.2, 0.25) is 0 Å². The molecule has 0 spiro atoms.